The van der Waals surface area contributed by atoms with Crippen molar-refractivity contribution in [1.82, 2.24) is 10.3 Å². The average molecular weight is 558 g/mol. The Hall–Kier alpha value is -3.71. The summed E-state index contributed by atoms with van der Waals surface area (Å²) in [5, 5.41) is 6.36. The fraction of sp³-hybridized carbons (Fsp3) is 0.233. The van der Waals surface area contributed by atoms with E-state index in [4.69, 9.17) is 4.74 Å². The van der Waals surface area contributed by atoms with Gasteiger partial charge in [0.2, 0.25) is 0 Å². The van der Waals surface area contributed by atoms with Crippen molar-refractivity contribution in [2.45, 2.75) is 38.5 Å². The van der Waals surface area contributed by atoms with Crippen molar-refractivity contribution in [3.8, 4) is 5.75 Å². The van der Waals surface area contributed by atoms with Crippen molar-refractivity contribution in [2.75, 3.05) is 12.4 Å². The molecule has 5 rings (SSSR count). The summed E-state index contributed by atoms with van der Waals surface area (Å²) in [5.74, 6) is 0.614. The number of methoxy groups -OCH3 is 1. The molecular formula is C30H28BrN3O3. The molecule has 0 spiro atoms. The number of hydrogen-bond acceptors (Lipinski definition) is 5. The van der Waals surface area contributed by atoms with E-state index in [2.05, 4.69) is 31.5 Å². The first-order valence-corrected chi connectivity index (χ1v) is 13.0. The van der Waals surface area contributed by atoms with Gasteiger partial charge in [-0.2, -0.15) is 0 Å². The maximum Gasteiger partial charge on any atom is 0.255 e. The van der Waals surface area contributed by atoms with Crippen LogP contribution < -0.4 is 15.4 Å². The van der Waals surface area contributed by atoms with Crippen LogP contribution in [-0.4, -0.2) is 23.8 Å². The molecule has 1 aromatic heterocycles. The topological polar surface area (TPSA) is 80.3 Å². The van der Waals surface area contributed by atoms with Gasteiger partial charge in [0.1, 0.15) is 11.6 Å². The summed E-state index contributed by atoms with van der Waals surface area (Å²) in [6, 6.07) is 19.4. The van der Waals surface area contributed by atoms with E-state index in [1.54, 1.807) is 19.4 Å². The number of benzene rings is 2. The first-order valence-electron chi connectivity index (χ1n) is 12.2. The number of halogens is 1. The molecular weight excluding hydrogens is 530 g/mol. The monoisotopic (exact) mass is 557 g/mol. The second kappa shape index (κ2) is 10.3. The van der Waals surface area contributed by atoms with E-state index >= 15 is 0 Å². The Morgan fingerprint density at radius 3 is 2.35 bits per heavy atom. The predicted octanol–water partition coefficient (Wildman–Crippen LogP) is 6.16. The molecule has 3 aromatic rings. The quantitative estimate of drug-likeness (QED) is 0.392. The predicted molar refractivity (Wildman–Crippen MR) is 147 cm³/mol. The number of aromatic nitrogens is 1. The number of rotatable bonds is 5. The number of hydrogen-bond donors (Lipinski definition) is 2. The van der Waals surface area contributed by atoms with Gasteiger partial charge in [-0.3, -0.25) is 9.59 Å². The highest BCUT2D eigenvalue weighted by atomic mass is 79.9. The molecule has 2 atom stereocenters. The molecule has 0 saturated heterocycles. The molecule has 0 fully saturated rings. The lowest BCUT2D eigenvalue weighted by Gasteiger charge is -2.37. The van der Waals surface area contributed by atoms with Gasteiger partial charge < -0.3 is 15.4 Å². The summed E-state index contributed by atoms with van der Waals surface area (Å²) in [6.07, 6.45) is 2.78. The number of nitrogens with zero attached hydrogens (tertiary/aromatic N) is 1. The summed E-state index contributed by atoms with van der Waals surface area (Å²) < 4.78 is 6.23. The van der Waals surface area contributed by atoms with Gasteiger partial charge in [-0.15, -0.1) is 0 Å². The molecule has 0 bridgehead atoms. The SMILES string of the molecule is COc1ccc(C2CC(=O)C3=C(C2)NC(C)=C(C(=O)Nc2ccc(C)cn2)C3c2ccc(Br)cc2)cc1. The number of pyridine rings is 1. The Morgan fingerprint density at radius 2 is 1.70 bits per heavy atom. The van der Waals surface area contributed by atoms with Gasteiger partial charge in [-0.1, -0.05) is 46.3 Å². The standard InChI is InChI=1S/C30H28BrN3O3/c1-17-4-13-26(32-16-17)34-30(36)27-18(2)33-24-14-21(19-7-11-23(37-3)12-8-19)15-25(35)29(24)28(27)20-5-9-22(31)10-6-20/h4-13,16,21,28,33H,14-15H2,1-3H3,(H,32,34,36). The Kier molecular flexibility index (Phi) is 6.98. The lowest BCUT2D eigenvalue weighted by molar-refractivity contribution is -0.116. The summed E-state index contributed by atoms with van der Waals surface area (Å²) in [5.41, 5.74) is 5.81. The molecule has 37 heavy (non-hydrogen) atoms. The van der Waals surface area contributed by atoms with E-state index in [0.717, 1.165) is 38.3 Å². The van der Waals surface area contributed by atoms with Crippen LogP contribution in [0.3, 0.4) is 0 Å². The van der Waals surface area contributed by atoms with Crippen molar-refractivity contribution in [3.63, 3.8) is 0 Å². The van der Waals surface area contributed by atoms with Crippen molar-refractivity contribution in [3.05, 3.63) is 111 Å². The number of dihydropyridines is 1. The summed E-state index contributed by atoms with van der Waals surface area (Å²) in [6.45, 7) is 3.84. The van der Waals surface area contributed by atoms with Gasteiger partial charge in [-0.25, -0.2) is 4.98 Å². The summed E-state index contributed by atoms with van der Waals surface area (Å²) in [7, 11) is 1.64. The molecule has 1 amide bonds. The maximum absolute atomic E-state index is 13.8. The number of allylic oxidation sites excluding steroid dienone is 3. The largest absolute Gasteiger partial charge is 0.497 e. The summed E-state index contributed by atoms with van der Waals surface area (Å²) in [4.78, 5) is 31.7. The van der Waals surface area contributed by atoms with E-state index in [1.165, 1.54) is 0 Å². The zero-order valence-corrected chi connectivity index (χ0v) is 22.6. The highest BCUT2D eigenvalue weighted by Crippen LogP contribution is 2.46. The highest BCUT2D eigenvalue weighted by molar-refractivity contribution is 9.10. The average Bonchev–Trinajstić information content (AvgIpc) is 2.89. The number of amides is 1. The van der Waals surface area contributed by atoms with Crippen molar-refractivity contribution in [2.24, 2.45) is 0 Å². The van der Waals surface area contributed by atoms with Gasteiger partial charge in [0.05, 0.1) is 7.11 Å². The van der Waals surface area contributed by atoms with Crippen LogP contribution in [0.5, 0.6) is 5.75 Å². The Bertz CT molecular complexity index is 1410. The van der Waals surface area contributed by atoms with Gasteiger partial charge in [0.25, 0.3) is 5.91 Å². The molecule has 2 unspecified atom stereocenters. The number of Topliss-reactive ketones (excluding diaryl/α,β-unsaturated/α-hetero) is 1. The molecule has 2 heterocycles. The first-order chi connectivity index (χ1) is 17.8. The van der Waals surface area contributed by atoms with Crippen LogP contribution in [0.15, 0.2) is 93.9 Å². The number of carbonyl (C=O) groups is 2. The molecule has 0 radical (unpaired) electrons. The highest BCUT2D eigenvalue weighted by Gasteiger charge is 2.41. The van der Waals surface area contributed by atoms with Crippen LogP contribution in [0.1, 0.15) is 48.3 Å². The first kappa shape index (κ1) is 25.0. The molecule has 1 aliphatic carbocycles. The lowest BCUT2D eigenvalue weighted by Crippen LogP contribution is -2.37. The summed E-state index contributed by atoms with van der Waals surface area (Å²) >= 11 is 3.50. The normalized spacial score (nSPS) is 19.3. The van der Waals surface area contributed by atoms with Gasteiger partial charge >= 0.3 is 0 Å². The number of nitrogens with one attached hydrogen (secondary N) is 2. The van der Waals surface area contributed by atoms with Crippen LogP contribution >= 0.6 is 15.9 Å². The minimum Gasteiger partial charge on any atom is -0.497 e. The Morgan fingerprint density at radius 1 is 1.00 bits per heavy atom. The Labute approximate surface area is 225 Å². The van der Waals surface area contributed by atoms with Gasteiger partial charge in [-0.05, 0) is 73.2 Å². The number of carbonyl (C=O) groups excluding carboxylic acids is 2. The van der Waals surface area contributed by atoms with E-state index in [0.29, 0.717) is 29.8 Å². The number of ketones is 1. The van der Waals surface area contributed by atoms with Crippen molar-refractivity contribution < 1.29 is 14.3 Å². The molecule has 2 N–H and O–H groups in total. The third kappa shape index (κ3) is 5.09. The minimum atomic E-state index is -0.473. The fourth-order valence-corrected chi connectivity index (χ4v) is 5.43. The molecule has 7 heteroatoms. The molecule has 2 aliphatic rings. The van der Waals surface area contributed by atoms with Crippen LogP contribution in [0.4, 0.5) is 5.82 Å². The van der Waals surface area contributed by atoms with E-state index in [1.807, 2.05) is 68.4 Å². The van der Waals surface area contributed by atoms with Crippen molar-refractivity contribution >= 4 is 33.4 Å². The van der Waals surface area contributed by atoms with E-state index < -0.39 is 5.92 Å². The zero-order valence-electron chi connectivity index (χ0n) is 21.0. The molecule has 188 valence electrons. The second-order valence-corrected chi connectivity index (χ2v) is 10.4. The third-order valence-electron chi connectivity index (χ3n) is 7.02. The van der Waals surface area contributed by atoms with Crippen LogP contribution in [-0.2, 0) is 9.59 Å². The smallest absolute Gasteiger partial charge is 0.255 e. The van der Waals surface area contributed by atoms with Crippen LogP contribution in [0, 0.1) is 6.92 Å². The van der Waals surface area contributed by atoms with Crippen LogP contribution in [0.25, 0.3) is 0 Å². The van der Waals surface area contributed by atoms with Crippen molar-refractivity contribution in [1.29, 1.82) is 0 Å². The van der Waals surface area contributed by atoms with E-state index in [-0.39, 0.29) is 17.6 Å². The zero-order chi connectivity index (χ0) is 26.1. The Balaban J connectivity index is 1.53. The number of aryl methyl sites for hydroxylation is 1. The lowest BCUT2D eigenvalue weighted by atomic mass is 9.71. The molecule has 1 aliphatic heterocycles. The van der Waals surface area contributed by atoms with E-state index in [9.17, 15) is 9.59 Å². The number of ether oxygens (including phenoxy) is 1. The minimum absolute atomic E-state index is 0.0498. The number of anilines is 1. The molecule has 2 aromatic carbocycles. The molecule has 0 saturated carbocycles. The fourth-order valence-electron chi connectivity index (χ4n) is 5.17. The molecule has 6 nitrogen and oxygen atoms in total. The second-order valence-electron chi connectivity index (χ2n) is 9.52. The van der Waals surface area contributed by atoms with Crippen LogP contribution in [0.2, 0.25) is 0 Å². The van der Waals surface area contributed by atoms with Gasteiger partial charge in [0, 0.05) is 45.5 Å². The maximum atomic E-state index is 13.8. The third-order valence-corrected chi connectivity index (χ3v) is 7.54. The van der Waals surface area contributed by atoms with Gasteiger partial charge in [0.15, 0.2) is 5.78 Å².